The van der Waals surface area contributed by atoms with Gasteiger partial charge in [0.05, 0.1) is 17.3 Å². The number of ether oxygens (including phenoxy) is 2. The summed E-state index contributed by atoms with van der Waals surface area (Å²) < 4.78 is 11.5. The van der Waals surface area contributed by atoms with Crippen LogP contribution in [0.1, 0.15) is 29.3 Å². The molecule has 1 aliphatic heterocycles. The molecule has 0 amide bonds. The molecule has 0 saturated heterocycles. The molecule has 0 bridgehead atoms. The second-order valence-corrected chi connectivity index (χ2v) is 8.28. The SMILES string of the molecule is C=C/C(=C(/OCc1ccc2c(c1)CCNC2)C(=C)Cl)c1cccc(N/C(OCC)=C(\C=N)C(=O)O)n1. The van der Waals surface area contributed by atoms with Crippen LogP contribution < -0.4 is 10.6 Å². The van der Waals surface area contributed by atoms with Crippen molar-refractivity contribution in [3.8, 4) is 0 Å². The molecule has 1 aromatic heterocycles. The van der Waals surface area contributed by atoms with Crippen LogP contribution >= 0.6 is 11.6 Å². The predicted molar refractivity (Wildman–Crippen MR) is 142 cm³/mol. The molecule has 1 aromatic carbocycles. The molecule has 0 radical (unpaired) electrons. The number of carboxylic acid groups (broad SMARTS) is 1. The standard InChI is InChI=1S/C27H29ClN4O4/c1-4-21(23-7-6-8-24(31-23)32-26(35-5-2)22(14-29)27(33)34)25(17(3)28)36-16-18-9-10-20-15-30-12-11-19(20)13-18/h4,6-10,13-14,29-30H,1,3,5,11-12,15-16H2,2H3,(H,31,32)(H,33,34)/b25-21-,26-22-,29-14?. The summed E-state index contributed by atoms with van der Waals surface area (Å²) in [5.41, 5.74) is 4.27. The number of benzene rings is 1. The van der Waals surface area contributed by atoms with Crippen LogP contribution in [-0.4, -0.2) is 35.4 Å². The maximum Gasteiger partial charge on any atom is 0.342 e. The number of nitrogens with one attached hydrogen (secondary N) is 3. The maximum atomic E-state index is 11.5. The molecule has 0 unspecified atom stereocenters. The van der Waals surface area contributed by atoms with Gasteiger partial charge in [0.1, 0.15) is 23.8 Å². The molecular weight excluding hydrogens is 480 g/mol. The minimum absolute atomic E-state index is 0.0883. The first-order valence-corrected chi connectivity index (χ1v) is 11.8. The molecule has 2 aromatic rings. The summed E-state index contributed by atoms with van der Waals surface area (Å²) in [6.07, 6.45) is 3.25. The van der Waals surface area contributed by atoms with Gasteiger partial charge >= 0.3 is 5.97 Å². The molecule has 0 saturated carbocycles. The molecule has 2 heterocycles. The summed E-state index contributed by atoms with van der Waals surface area (Å²) in [6.45, 7) is 11.8. The molecule has 0 atom stereocenters. The van der Waals surface area contributed by atoms with E-state index in [9.17, 15) is 9.90 Å². The summed E-state index contributed by atoms with van der Waals surface area (Å²) in [6, 6.07) is 11.4. The molecule has 188 valence electrons. The van der Waals surface area contributed by atoms with Crippen LogP contribution in [0.4, 0.5) is 5.82 Å². The lowest BCUT2D eigenvalue weighted by Gasteiger charge is -2.19. The number of fused-ring (bicyclic) bond motifs is 1. The number of nitrogens with zero attached hydrogens (tertiary/aromatic N) is 1. The predicted octanol–water partition coefficient (Wildman–Crippen LogP) is 4.99. The van der Waals surface area contributed by atoms with Gasteiger partial charge in [0.2, 0.25) is 5.88 Å². The second kappa shape index (κ2) is 12.7. The highest BCUT2D eigenvalue weighted by Gasteiger charge is 2.17. The number of pyridine rings is 1. The molecule has 1 aliphatic rings. The van der Waals surface area contributed by atoms with Crippen LogP contribution in [0.15, 0.2) is 77.9 Å². The average Bonchev–Trinajstić information content (AvgIpc) is 2.86. The van der Waals surface area contributed by atoms with E-state index in [-0.39, 0.29) is 29.7 Å². The van der Waals surface area contributed by atoms with Crippen molar-refractivity contribution < 1.29 is 19.4 Å². The number of hydrogen-bond donors (Lipinski definition) is 4. The third kappa shape index (κ3) is 6.62. The lowest BCUT2D eigenvalue weighted by atomic mass is 9.99. The summed E-state index contributed by atoms with van der Waals surface area (Å²) in [7, 11) is 0. The van der Waals surface area contributed by atoms with Gasteiger partial charge in [-0.25, -0.2) is 9.78 Å². The first-order valence-electron chi connectivity index (χ1n) is 11.4. The van der Waals surface area contributed by atoms with Crippen molar-refractivity contribution in [3.05, 3.63) is 100 Å². The lowest BCUT2D eigenvalue weighted by Crippen LogP contribution is -2.23. The van der Waals surface area contributed by atoms with Crippen LogP contribution in [0.3, 0.4) is 0 Å². The van der Waals surface area contributed by atoms with E-state index in [4.69, 9.17) is 26.5 Å². The van der Waals surface area contributed by atoms with Crippen LogP contribution in [-0.2, 0) is 33.8 Å². The lowest BCUT2D eigenvalue weighted by molar-refractivity contribution is -0.132. The number of carbonyl (C=O) groups is 1. The highest BCUT2D eigenvalue weighted by molar-refractivity contribution is 6.32. The van der Waals surface area contributed by atoms with E-state index in [1.54, 1.807) is 31.2 Å². The van der Waals surface area contributed by atoms with Gasteiger partial charge in [0, 0.05) is 18.3 Å². The Labute approximate surface area is 215 Å². The average molecular weight is 509 g/mol. The first-order chi connectivity index (χ1) is 17.4. The number of aromatic nitrogens is 1. The molecule has 36 heavy (non-hydrogen) atoms. The van der Waals surface area contributed by atoms with Gasteiger partial charge in [0.25, 0.3) is 0 Å². The van der Waals surface area contributed by atoms with Crippen molar-refractivity contribution in [2.75, 3.05) is 18.5 Å². The Balaban J connectivity index is 1.90. The first kappa shape index (κ1) is 26.7. The van der Waals surface area contributed by atoms with Crippen LogP contribution in [0, 0.1) is 5.41 Å². The van der Waals surface area contributed by atoms with Gasteiger partial charge in [0.15, 0.2) is 0 Å². The highest BCUT2D eigenvalue weighted by Crippen LogP contribution is 2.28. The number of carboxylic acids is 1. The largest absolute Gasteiger partial charge is 0.487 e. The van der Waals surface area contributed by atoms with E-state index in [0.29, 0.717) is 29.1 Å². The van der Waals surface area contributed by atoms with Crippen molar-refractivity contribution >= 4 is 35.2 Å². The summed E-state index contributed by atoms with van der Waals surface area (Å²) in [4.78, 5) is 16.0. The summed E-state index contributed by atoms with van der Waals surface area (Å²) >= 11 is 6.31. The Bertz CT molecular complexity index is 1240. The van der Waals surface area contributed by atoms with Crippen LogP contribution in [0.25, 0.3) is 5.57 Å². The van der Waals surface area contributed by atoms with Crippen LogP contribution in [0.5, 0.6) is 0 Å². The van der Waals surface area contributed by atoms with Crippen molar-refractivity contribution in [2.45, 2.75) is 26.5 Å². The molecule has 3 rings (SSSR count). The Kier molecular flexibility index (Phi) is 9.44. The fourth-order valence-corrected chi connectivity index (χ4v) is 3.87. The molecule has 8 nitrogen and oxygen atoms in total. The number of hydrogen-bond acceptors (Lipinski definition) is 7. The summed E-state index contributed by atoms with van der Waals surface area (Å²) in [5.74, 6) is -0.744. The van der Waals surface area contributed by atoms with E-state index in [1.807, 2.05) is 6.07 Å². The van der Waals surface area contributed by atoms with E-state index in [2.05, 4.69) is 40.9 Å². The zero-order valence-electron chi connectivity index (χ0n) is 20.1. The van der Waals surface area contributed by atoms with Gasteiger partial charge in [-0.1, -0.05) is 55.1 Å². The second-order valence-electron chi connectivity index (χ2n) is 7.83. The number of aliphatic carboxylic acids is 1. The topological polar surface area (TPSA) is 117 Å². The minimum Gasteiger partial charge on any atom is -0.487 e. The molecular formula is C27H29ClN4O4. The highest BCUT2D eigenvalue weighted by atomic mass is 35.5. The summed E-state index contributed by atoms with van der Waals surface area (Å²) in [5, 5.41) is 23.2. The van der Waals surface area contributed by atoms with Gasteiger partial charge in [-0.05, 0) is 48.7 Å². The van der Waals surface area contributed by atoms with E-state index in [0.717, 1.165) is 25.1 Å². The smallest absolute Gasteiger partial charge is 0.342 e. The molecule has 0 fully saturated rings. The molecule has 4 N–H and O–H groups in total. The number of allylic oxidation sites excluding steroid dienone is 3. The minimum atomic E-state index is -1.30. The van der Waals surface area contributed by atoms with Crippen molar-refractivity contribution in [1.82, 2.24) is 10.3 Å². The van der Waals surface area contributed by atoms with Crippen molar-refractivity contribution in [2.24, 2.45) is 0 Å². The fraction of sp³-hybridized carbons (Fsp3) is 0.222. The molecule has 0 aliphatic carbocycles. The number of rotatable bonds is 12. The Morgan fingerprint density at radius 1 is 1.31 bits per heavy atom. The van der Waals surface area contributed by atoms with Gasteiger partial charge in [-0.2, -0.15) is 0 Å². The Hall–Kier alpha value is -3.88. The van der Waals surface area contributed by atoms with Gasteiger partial charge < -0.3 is 30.6 Å². The number of halogens is 1. The Morgan fingerprint density at radius 2 is 2.11 bits per heavy atom. The van der Waals surface area contributed by atoms with Gasteiger partial charge in [-0.3, -0.25) is 0 Å². The normalized spacial score (nSPS) is 13.9. The number of anilines is 1. The zero-order chi connectivity index (χ0) is 26.1. The maximum absolute atomic E-state index is 11.5. The van der Waals surface area contributed by atoms with Crippen LogP contribution in [0.2, 0.25) is 0 Å². The zero-order valence-corrected chi connectivity index (χ0v) is 20.8. The Morgan fingerprint density at radius 3 is 2.78 bits per heavy atom. The monoisotopic (exact) mass is 508 g/mol. The van der Waals surface area contributed by atoms with E-state index in [1.165, 1.54) is 11.1 Å². The van der Waals surface area contributed by atoms with Gasteiger partial charge in [-0.15, -0.1) is 0 Å². The van der Waals surface area contributed by atoms with E-state index >= 15 is 0 Å². The quantitative estimate of drug-likeness (QED) is 0.138. The molecule has 9 heteroatoms. The third-order valence-electron chi connectivity index (χ3n) is 5.41. The fourth-order valence-electron chi connectivity index (χ4n) is 3.71. The third-order valence-corrected chi connectivity index (χ3v) is 5.58. The van der Waals surface area contributed by atoms with Crippen molar-refractivity contribution in [1.29, 1.82) is 5.41 Å². The van der Waals surface area contributed by atoms with E-state index < -0.39 is 5.97 Å². The van der Waals surface area contributed by atoms with Crippen molar-refractivity contribution in [3.63, 3.8) is 0 Å². The molecule has 0 spiro atoms.